The van der Waals surface area contributed by atoms with E-state index in [1.165, 1.54) is 0 Å². The van der Waals surface area contributed by atoms with E-state index in [1.807, 2.05) is 45.0 Å². The first-order chi connectivity index (χ1) is 10.1. The molecule has 2 aromatic rings. The van der Waals surface area contributed by atoms with Gasteiger partial charge < -0.3 is 14.6 Å². The Bertz CT molecular complexity index is 600. The largest absolute Gasteiger partial charge is 0.492 e. The maximum absolute atomic E-state index is 12.1. The summed E-state index contributed by atoms with van der Waals surface area (Å²) in [5.74, 6) is 1.41. The van der Waals surface area contributed by atoms with Gasteiger partial charge in [0.1, 0.15) is 11.5 Å². The monoisotopic (exact) mass is 288 g/mol. The summed E-state index contributed by atoms with van der Waals surface area (Å²) >= 11 is 0. The highest BCUT2D eigenvalue weighted by Crippen LogP contribution is 2.24. The van der Waals surface area contributed by atoms with Gasteiger partial charge in [0.25, 0.3) is 0 Å². The van der Waals surface area contributed by atoms with Gasteiger partial charge in [-0.15, -0.1) is 0 Å². The Kier molecular flexibility index (Phi) is 4.98. The van der Waals surface area contributed by atoms with E-state index in [0.29, 0.717) is 30.9 Å². The van der Waals surface area contributed by atoms with E-state index in [-0.39, 0.29) is 5.91 Å². The van der Waals surface area contributed by atoms with Crippen LogP contribution in [0.5, 0.6) is 5.75 Å². The molecule has 0 radical (unpaired) electrons. The van der Waals surface area contributed by atoms with Crippen molar-refractivity contribution in [3.63, 3.8) is 0 Å². The Morgan fingerprint density at radius 1 is 1.33 bits per heavy atom. The first-order valence-corrected chi connectivity index (χ1v) is 7.05. The first kappa shape index (κ1) is 15.1. The lowest BCUT2D eigenvalue weighted by atomic mass is 10.1. The lowest BCUT2D eigenvalue weighted by molar-refractivity contribution is -0.116. The molecule has 0 atom stereocenters. The summed E-state index contributed by atoms with van der Waals surface area (Å²) in [6.07, 6.45) is 0.993. The van der Waals surface area contributed by atoms with Crippen molar-refractivity contribution in [1.82, 2.24) is 5.16 Å². The van der Waals surface area contributed by atoms with E-state index in [4.69, 9.17) is 9.26 Å². The van der Waals surface area contributed by atoms with Crippen LogP contribution in [0.3, 0.4) is 0 Å². The zero-order chi connectivity index (χ0) is 15.2. The van der Waals surface area contributed by atoms with Crippen LogP contribution in [-0.4, -0.2) is 17.7 Å². The molecule has 0 saturated heterocycles. The summed E-state index contributed by atoms with van der Waals surface area (Å²) in [6, 6.07) is 7.42. The third-order valence-corrected chi connectivity index (χ3v) is 3.24. The minimum absolute atomic E-state index is 0.0536. The van der Waals surface area contributed by atoms with E-state index in [2.05, 4.69) is 10.5 Å². The summed E-state index contributed by atoms with van der Waals surface area (Å²) in [5, 5.41) is 6.77. The minimum atomic E-state index is -0.0536. The van der Waals surface area contributed by atoms with E-state index in [0.717, 1.165) is 17.0 Å². The van der Waals surface area contributed by atoms with Gasteiger partial charge in [-0.1, -0.05) is 17.3 Å². The topological polar surface area (TPSA) is 64.4 Å². The molecule has 21 heavy (non-hydrogen) atoms. The van der Waals surface area contributed by atoms with Gasteiger partial charge in [0.15, 0.2) is 0 Å². The number of aryl methyl sites for hydroxylation is 2. The zero-order valence-electron chi connectivity index (χ0n) is 12.6. The summed E-state index contributed by atoms with van der Waals surface area (Å²) in [5.41, 5.74) is 2.54. The number of aromatic nitrogens is 1. The molecular weight excluding hydrogens is 268 g/mol. The van der Waals surface area contributed by atoms with Crippen LogP contribution in [0.15, 0.2) is 28.8 Å². The molecule has 0 aliphatic carbocycles. The Morgan fingerprint density at radius 2 is 2.10 bits per heavy atom. The van der Waals surface area contributed by atoms with Crippen LogP contribution in [0.1, 0.15) is 30.4 Å². The van der Waals surface area contributed by atoms with E-state index >= 15 is 0 Å². The van der Waals surface area contributed by atoms with Crippen LogP contribution in [0.25, 0.3) is 0 Å². The number of para-hydroxylation sites is 2. The van der Waals surface area contributed by atoms with Crippen LogP contribution in [-0.2, 0) is 11.2 Å². The van der Waals surface area contributed by atoms with Gasteiger partial charge in [0.05, 0.1) is 18.0 Å². The SMILES string of the molecule is CCOc1ccccc1NC(=O)CCc1c(C)noc1C. The standard InChI is InChI=1S/C16H20N2O3/c1-4-20-15-8-6-5-7-14(15)17-16(19)10-9-13-11(2)18-21-12(13)3/h5-8H,4,9-10H2,1-3H3,(H,17,19). The molecule has 5 nitrogen and oxygen atoms in total. The third kappa shape index (κ3) is 3.84. The summed E-state index contributed by atoms with van der Waals surface area (Å²) in [6.45, 7) is 6.22. The molecule has 0 spiro atoms. The Hall–Kier alpha value is -2.30. The van der Waals surface area contributed by atoms with Crippen molar-refractivity contribution in [3.05, 3.63) is 41.3 Å². The number of anilines is 1. The Labute approximate surface area is 124 Å². The second-order valence-electron chi connectivity index (χ2n) is 4.78. The highest BCUT2D eigenvalue weighted by atomic mass is 16.5. The number of carbonyl (C=O) groups excluding carboxylic acids is 1. The van der Waals surface area contributed by atoms with Crippen LogP contribution in [0.2, 0.25) is 0 Å². The molecule has 1 aromatic heterocycles. The molecule has 0 bridgehead atoms. The van der Waals surface area contributed by atoms with Gasteiger partial charge in [-0.25, -0.2) is 0 Å². The van der Waals surface area contributed by atoms with Crippen molar-refractivity contribution in [2.75, 3.05) is 11.9 Å². The maximum Gasteiger partial charge on any atom is 0.224 e. The Balaban J connectivity index is 1.96. The van der Waals surface area contributed by atoms with E-state index < -0.39 is 0 Å². The van der Waals surface area contributed by atoms with Gasteiger partial charge in [0.2, 0.25) is 5.91 Å². The minimum Gasteiger partial charge on any atom is -0.492 e. The predicted octanol–water partition coefficient (Wildman–Crippen LogP) is 3.26. The van der Waals surface area contributed by atoms with Crippen LogP contribution < -0.4 is 10.1 Å². The molecule has 1 heterocycles. The molecule has 112 valence electrons. The Morgan fingerprint density at radius 3 is 2.76 bits per heavy atom. The zero-order valence-corrected chi connectivity index (χ0v) is 12.6. The predicted molar refractivity (Wildman–Crippen MR) is 80.5 cm³/mol. The molecule has 0 saturated carbocycles. The molecule has 0 aliphatic rings. The van der Waals surface area contributed by atoms with Crippen molar-refractivity contribution in [1.29, 1.82) is 0 Å². The summed E-state index contributed by atoms with van der Waals surface area (Å²) in [7, 11) is 0. The lowest BCUT2D eigenvalue weighted by Crippen LogP contribution is -2.13. The quantitative estimate of drug-likeness (QED) is 0.886. The number of nitrogens with zero attached hydrogens (tertiary/aromatic N) is 1. The second kappa shape index (κ2) is 6.92. The maximum atomic E-state index is 12.1. The normalized spacial score (nSPS) is 10.4. The molecular formula is C16H20N2O3. The third-order valence-electron chi connectivity index (χ3n) is 3.24. The molecule has 1 N–H and O–H groups in total. The van der Waals surface area contributed by atoms with Crippen LogP contribution in [0, 0.1) is 13.8 Å². The second-order valence-corrected chi connectivity index (χ2v) is 4.78. The first-order valence-electron chi connectivity index (χ1n) is 7.05. The van der Waals surface area contributed by atoms with Crippen LogP contribution >= 0.6 is 0 Å². The molecule has 0 fully saturated rings. The van der Waals surface area contributed by atoms with Gasteiger partial charge in [-0.3, -0.25) is 4.79 Å². The average molecular weight is 288 g/mol. The van der Waals surface area contributed by atoms with Crippen LogP contribution in [0.4, 0.5) is 5.69 Å². The van der Waals surface area contributed by atoms with Gasteiger partial charge >= 0.3 is 0 Å². The van der Waals surface area contributed by atoms with Gasteiger partial charge in [-0.2, -0.15) is 0 Å². The number of ether oxygens (including phenoxy) is 1. The number of rotatable bonds is 6. The average Bonchev–Trinajstić information content (AvgIpc) is 2.78. The number of hydrogen-bond acceptors (Lipinski definition) is 4. The van der Waals surface area contributed by atoms with Crippen molar-refractivity contribution in [2.24, 2.45) is 0 Å². The van der Waals surface area contributed by atoms with Crippen molar-refractivity contribution >= 4 is 11.6 Å². The molecule has 5 heteroatoms. The smallest absolute Gasteiger partial charge is 0.224 e. The van der Waals surface area contributed by atoms with Gasteiger partial charge in [-0.05, 0) is 39.3 Å². The molecule has 2 rings (SSSR count). The fourth-order valence-electron chi connectivity index (χ4n) is 2.16. The fraction of sp³-hybridized carbons (Fsp3) is 0.375. The molecule has 1 aromatic carbocycles. The number of hydrogen-bond donors (Lipinski definition) is 1. The lowest BCUT2D eigenvalue weighted by Gasteiger charge is -2.11. The number of amides is 1. The van der Waals surface area contributed by atoms with Crippen molar-refractivity contribution < 1.29 is 14.1 Å². The summed E-state index contributed by atoms with van der Waals surface area (Å²) in [4.78, 5) is 12.1. The highest BCUT2D eigenvalue weighted by molar-refractivity contribution is 5.92. The van der Waals surface area contributed by atoms with Crippen molar-refractivity contribution in [3.8, 4) is 5.75 Å². The number of benzene rings is 1. The summed E-state index contributed by atoms with van der Waals surface area (Å²) < 4.78 is 10.6. The number of carbonyl (C=O) groups is 1. The van der Waals surface area contributed by atoms with E-state index in [9.17, 15) is 4.79 Å². The molecule has 1 amide bonds. The van der Waals surface area contributed by atoms with Gasteiger partial charge in [0, 0.05) is 12.0 Å². The highest BCUT2D eigenvalue weighted by Gasteiger charge is 2.12. The van der Waals surface area contributed by atoms with Crippen molar-refractivity contribution in [2.45, 2.75) is 33.6 Å². The van der Waals surface area contributed by atoms with E-state index in [1.54, 1.807) is 0 Å². The fourth-order valence-corrected chi connectivity index (χ4v) is 2.16. The molecule has 0 aliphatic heterocycles. The molecule has 0 unspecified atom stereocenters. The number of nitrogens with one attached hydrogen (secondary N) is 1.